The Morgan fingerprint density at radius 2 is 2.08 bits per heavy atom. The number of pyridine rings is 1. The third kappa shape index (κ3) is 3.92. The van der Waals surface area contributed by atoms with E-state index in [0.717, 1.165) is 23.4 Å². The van der Waals surface area contributed by atoms with Crippen LogP contribution in [0.4, 0.5) is 0 Å². The van der Waals surface area contributed by atoms with Gasteiger partial charge in [0.1, 0.15) is 0 Å². The van der Waals surface area contributed by atoms with E-state index in [1.54, 1.807) is 18.4 Å². The van der Waals surface area contributed by atoms with Gasteiger partial charge in [-0.15, -0.1) is 0 Å². The molecule has 0 bridgehead atoms. The molecule has 2 N–H and O–H groups in total. The molecule has 0 aliphatic rings. The van der Waals surface area contributed by atoms with Gasteiger partial charge in [-0.25, -0.2) is 0 Å². The van der Waals surface area contributed by atoms with Crippen LogP contribution in [0.15, 0.2) is 58.3 Å². The van der Waals surface area contributed by atoms with Crippen molar-refractivity contribution >= 4 is 28.2 Å². The van der Waals surface area contributed by atoms with Crippen LogP contribution in [0.3, 0.4) is 0 Å². The summed E-state index contributed by atoms with van der Waals surface area (Å²) in [6.45, 7) is 3.77. The van der Waals surface area contributed by atoms with Crippen molar-refractivity contribution in [3.63, 3.8) is 0 Å². The molecular formula is C19H22N4S. The average molecular weight is 338 g/mol. The third-order valence-electron chi connectivity index (χ3n) is 4.07. The first-order chi connectivity index (χ1) is 11.8. The van der Waals surface area contributed by atoms with Crippen LogP contribution < -0.4 is 10.6 Å². The normalized spacial score (nSPS) is 13.0. The van der Waals surface area contributed by atoms with Crippen LogP contribution in [0.2, 0.25) is 0 Å². The molecule has 0 radical (unpaired) electrons. The monoisotopic (exact) mass is 338 g/mol. The van der Waals surface area contributed by atoms with E-state index >= 15 is 0 Å². The molecule has 0 aliphatic carbocycles. The molecule has 2 aromatic heterocycles. The number of benzene rings is 1. The van der Waals surface area contributed by atoms with Gasteiger partial charge in [-0.1, -0.05) is 31.2 Å². The summed E-state index contributed by atoms with van der Waals surface area (Å²) in [6.07, 6.45) is 1.83. The van der Waals surface area contributed by atoms with Crippen molar-refractivity contribution < 1.29 is 0 Å². The number of thiophene rings is 1. The Bertz CT molecular complexity index is 806. The van der Waals surface area contributed by atoms with E-state index in [0.29, 0.717) is 12.5 Å². The number of nitrogens with zero attached hydrogens (tertiary/aromatic N) is 2. The smallest absolute Gasteiger partial charge is 0.191 e. The van der Waals surface area contributed by atoms with Gasteiger partial charge in [0, 0.05) is 31.7 Å². The second kappa shape index (κ2) is 7.93. The average Bonchev–Trinajstić information content (AvgIpc) is 3.16. The number of hydrogen-bond donors (Lipinski definition) is 2. The highest BCUT2D eigenvalue weighted by atomic mass is 32.1. The SMILES string of the molecule is CN=C(NCc1cccc2cccnc12)NCC(C)c1ccsc1. The summed E-state index contributed by atoms with van der Waals surface area (Å²) in [4.78, 5) is 8.81. The lowest BCUT2D eigenvalue weighted by Gasteiger charge is -2.16. The molecule has 24 heavy (non-hydrogen) atoms. The fraction of sp³-hybridized carbons (Fsp3) is 0.263. The van der Waals surface area contributed by atoms with Crippen molar-refractivity contribution in [1.82, 2.24) is 15.6 Å². The molecule has 0 aliphatic heterocycles. The number of rotatable bonds is 5. The first-order valence-electron chi connectivity index (χ1n) is 8.07. The van der Waals surface area contributed by atoms with Gasteiger partial charge < -0.3 is 10.6 Å². The Morgan fingerprint density at radius 3 is 2.88 bits per heavy atom. The number of nitrogens with one attached hydrogen (secondary N) is 2. The van der Waals surface area contributed by atoms with Crippen molar-refractivity contribution in [1.29, 1.82) is 0 Å². The quantitative estimate of drug-likeness (QED) is 0.550. The van der Waals surface area contributed by atoms with Crippen LogP contribution in [-0.4, -0.2) is 24.5 Å². The molecule has 1 unspecified atom stereocenters. The molecule has 0 spiro atoms. The highest BCUT2D eigenvalue weighted by Crippen LogP contribution is 2.17. The number of aliphatic imine (C=N–C) groups is 1. The highest BCUT2D eigenvalue weighted by molar-refractivity contribution is 7.07. The number of para-hydroxylation sites is 1. The second-order valence-corrected chi connectivity index (χ2v) is 6.54. The van der Waals surface area contributed by atoms with Gasteiger partial charge in [0.25, 0.3) is 0 Å². The number of hydrogen-bond acceptors (Lipinski definition) is 3. The van der Waals surface area contributed by atoms with Crippen LogP contribution in [0.1, 0.15) is 24.0 Å². The lowest BCUT2D eigenvalue weighted by molar-refractivity contribution is 0.701. The Kier molecular flexibility index (Phi) is 5.43. The molecule has 5 heteroatoms. The zero-order valence-corrected chi connectivity index (χ0v) is 14.8. The maximum Gasteiger partial charge on any atom is 0.191 e. The highest BCUT2D eigenvalue weighted by Gasteiger charge is 2.08. The summed E-state index contributed by atoms with van der Waals surface area (Å²) in [5.74, 6) is 1.26. The van der Waals surface area contributed by atoms with Gasteiger partial charge in [0.05, 0.1) is 5.52 Å². The van der Waals surface area contributed by atoms with Gasteiger partial charge in [-0.2, -0.15) is 11.3 Å². The topological polar surface area (TPSA) is 49.3 Å². The molecule has 1 aromatic carbocycles. The molecule has 0 fully saturated rings. The van der Waals surface area contributed by atoms with Crippen molar-refractivity contribution in [3.8, 4) is 0 Å². The largest absolute Gasteiger partial charge is 0.356 e. The second-order valence-electron chi connectivity index (χ2n) is 5.76. The molecular weight excluding hydrogens is 316 g/mol. The summed E-state index contributed by atoms with van der Waals surface area (Å²) in [5.41, 5.74) is 3.57. The fourth-order valence-electron chi connectivity index (χ4n) is 2.63. The van der Waals surface area contributed by atoms with Crippen molar-refractivity contribution in [2.24, 2.45) is 4.99 Å². The van der Waals surface area contributed by atoms with Gasteiger partial charge in [-0.05, 0) is 39.9 Å². The molecule has 0 saturated carbocycles. The summed E-state index contributed by atoms with van der Waals surface area (Å²) in [7, 11) is 1.80. The first-order valence-corrected chi connectivity index (χ1v) is 9.01. The fourth-order valence-corrected chi connectivity index (χ4v) is 3.41. The summed E-state index contributed by atoms with van der Waals surface area (Å²) in [6, 6.07) is 12.5. The van der Waals surface area contributed by atoms with Crippen LogP contribution in [0.5, 0.6) is 0 Å². The van der Waals surface area contributed by atoms with Gasteiger partial charge in [0.15, 0.2) is 5.96 Å². The number of aromatic nitrogens is 1. The van der Waals surface area contributed by atoms with E-state index < -0.39 is 0 Å². The minimum Gasteiger partial charge on any atom is -0.356 e. The molecule has 124 valence electrons. The lowest BCUT2D eigenvalue weighted by Crippen LogP contribution is -2.38. The zero-order valence-electron chi connectivity index (χ0n) is 14.0. The van der Waals surface area contributed by atoms with E-state index in [2.05, 4.69) is 68.6 Å². The van der Waals surface area contributed by atoms with Crippen LogP contribution in [-0.2, 0) is 6.54 Å². The van der Waals surface area contributed by atoms with Crippen molar-refractivity contribution in [3.05, 3.63) is 64.5 Å². The van der Waals surface area contributed by atoms with Crippen LogP contribution >= 0.6 is 11.3 Å². The maximum atomic E-state index is 4.49. The molecule has 2 heterocycles. The first kappa shape index (κ1) is 16.5. The number of guanidine groups is 1. The predicted molar refractivity (Wildman–Crippen MR) is 103 cm³/mol. The summed E-state index contributed by atoms with van der Waals surface area (Å²) >= 11 is 1.74. The summed E-state index contributed by atoms with van der Waals surface area (Å²) in [5, 5.41) is 12.3. The minimum atomic E-state index is 0.453. The van der Waals surface area contributed by atoms with Gasteiger partial charge in [-0.3, -0.25) is 9.98 Å². The van der Waals surface area contributed by atoms with E-state index in [1.807, 2.05) is 12.3 Å². The van der Waals surface area contributed by atoms with Crippen molar-refractivity contribution in [2.75, 3.05) is 13.6 Å². The van der Waals surface area contributed by atoms with E-state index in [4.69, 9.17) is 0 Å². The number of fused-ring (bicyclic) bond motifs is 1. The van der Waals surface area contributed by atoms with Crippen LogP contribution in [0.25, 0.3) is 10.9 Å². The Labute approximate surface area is 146 Å². The van der Waals surface area contributed by atoms with E-state index in [-0.39, 0.29) is 0 Å². The maximum absolute atomic E-state index is 4.49. The van der Waals surface area contributed by atoms with Gasteiger partial charge >= 0.3 is 0 Å². The molecule has 1 atom stereocenters. The summed E-state index contributed by atoms with van der Waals surface area (Å²) < 4.78 is 0. The Morgan fingerprint density at radius 1 is 1.21 bits per heavy atom. The zero-order chi connectivity index (χ0) is 16.8. The molecule has 4 nitrogen and oxygen atoms in total. The molecule has 3 aromatic rings. The lowest BCUT2D eigenvalue weighted by atomic mass is 10.1. The Hall–Kier alpha value is -2.40. The standard InChI is InChI=1S/C19H22N4S/c1-14(17-8-10-24-13-17)11-22-19(20-2)23-12-16-6-3-5-15-7-4-9-21-18(15)16/h3-10,13-14H,11-12H2,1-2H3,(H2,20,22,23). The molecule has 0 saturated heterocycles. The Balaban J connectivity index is 1.60. The van der Waals surface area contributed by atoms with Crippen LogP contribution in [0, 0.1) is 0 Å². The van der Waals surface area contributed by atoms with Gasteiger partial charge in [0.2, 0.25) is 0 Å². The predicted octanol–water partition coefficient (Wildman–Crippen LogP) is 3.77. The third-order valence-corrected chi connectivity index (χ3v) is 4.78. The molecule has 0 amide bonds. The molecule has 3 rings (SSSR count). The van der Waals surface area contributed by atoms with E-state index in [1.165, 1.54) is 11.1 Å². The van der Waals surface area contributed by atoms with Crippen molar-refractivity contribution in [2.45, 2.75) is 19.4 Å². The minimum absolute atomic E-state index is 0.453. The van der Waals surface area contributed by atoms with E-state index in [9.17, 15) is 0 Å².